The number of rotatable bonds is 2. The summed E-state index contributed by atoms with van der Waals surface area (Å²) in [5.74, 6) is 5.29. The highest BCUT2D eigenvalue weighted by molar-refractivity contribution is 7.12. The van der Waals surface area contributed by atoms with Crippen LogP contribution in [0.3, 0.4) is 0 Å². The number of carbonyl (C=O) groups excluding carboxylic acids is 1. The molecule has 1 amide bonds. The monoisotopic (exact) mass is 271 g/mol. The molecule has 1 aromatic carbocycles. The van der Waals surface area contributed by atoms with Crippen LogP contribution in [0.25, 0.3) is 0 Å². The van der Waals surface area contributed by atoms with Gasteiger partial charge in [-0.2, -0.15) is 0 Å². The number of hydrogen-bond donors (Lipinski definition) is 2. The second kappa shape index (κ2) is 6.19. The molecule has 0 spiro atoms. The molecule has 1 aromatic heterocycles. The first-order chi connectivity index (χ1) is 9.20. The van der Waals surface area contributed by atoms with Gasteiger partial charge in [0.25, 0.3) is 5.91 Å². The van der Waals surface area contributed by atoms with E-state index in [4.69, 9.17) is 5.11 Å². The van der Waals surface area contributed by atoms with Crippen molar-refractivity contribution >= 4 is 22.9 Å². The minimum atomic E-state index is -0.176. The fourth-order valence-electron chi connectivity index (χ4n) is 1.57. The summed E-state index contributed by atoms with van der Waals surface area (Å²) < 4.78 is 0. The third kappa shape index (κ3) is 3.44. The molecule has 2 aromatic rings. The van der Waals surface area contributed by atoms with E-state index in [0.29, 0.717) is 4.88 Å². The highest BCUT2D eigenvalue weighted by Gasteiger charge is 2.08. The Labute approximate surface area is 115 Å². The van der Waals surface area contributed by atoms with E-state index >= 15 is 0 Å². The maximum atomic E-state index is 12.0. The van der Waals surface area contributed by atoms with E-state index in [-0.39, 0.29) is 12.5 Å². The fraction of sp³-hybridized carbons (Fsp3) is 0.133. The van der Waals surface area contributed by atoms with Gasteiger partial charge in [-0.15, -0.1) is 11.3 Å². The molecule has 0 unspecified atom stereocenters. The van der Waals surface area contributed by atoms with Crippen molar-refractivity contribution in [3.63, 3.8) is 0 Å². The number of aliphatic hydroxyl groups excluding tert-OH is 1. The average Bonchev–Trinajstić information content (AvgIpc) is 2.93. The second-order valence-electron chi connectivity index (χ2n) is 3.92. The molecule has 0 radical (unpaired) electrons. The van der Waals surface area contributed by atoms with Crippen LogP contribution in [0, 0.1) is 18.8 Å². The molecule has 0 aliphatic rings. The van der Waals surface area contributed by atoms with Crippen LogP contribution in [0.5, 0.6) is 0 Å². The Balaban J connectivity index is 2.22. The van der Waals surface area contributed by atoms with Crippen LogP contribution in [-0.2, 0) is 0 Å². The molecule has 0 aliphatic carbocycles. The molecule has 2 N–H and O–H groups in total. The van der Waals surface area contributed by atoms with E-state index < -0.39 is 0 Å². The van der Waals surface area contributed by atoms with Crippen molar-refractivity contribution in [1.82, 2.24) is 0 Å². The van der Waals surface area contributed by atoms with Crippen LogP contribution >= 0.6 is 11.3 Å². The lowest BCUT2D eigenvalue weighted by atomic mass is 10.1. The van der Waals surface area contributed by atoms with Gasteiger partial charge in [0.2, 0.25) is 0 Å². The minimum absolute atomic E-state index is 0.120. The van der Waals surface area contributed by atoms with Gasteiger partial charge in [0.05, 0.1) is 4.88 Å². The molecule has 0 saturated carbocycles. The zero-order valence-electron chi connectivity index (χ0n) is 10.4. The third-order valence-electron chi connectivity index (χ3n) is 2.54. The summed E-state index contributed by atoms with van der Waals surface area (Å²) in [6.07, 6.45) is 0. The molecule has 0 fully saturated rings. The molecule has 1 heterocycles. The Morgan fingerprint density at radius 2 is 2.26 bits per heavy atom. The number of nitrogens with one attached hydrogen (secondary N) is 1. The summed E-state index contributed by atoms with van der Waals surface area (Å²) in [7, 11) is 0. The largest absolute Gasteiger partial charge is 0.384 e. The van der Waals surface area contributed by atoms with Gasteiger partial charge >= 0.3 is 0 Å². The van der Waals surface area contributed by atoms with Crippen molar-refractivity contribution in [3.8, 4) is 11.8 Å². The van der Waals surface area contributed by atoms with E-state index in [1.807, 2.05) is 36.6 Å². The number of benzene rings is 1. The Kier molecular flexibility index (Phi) is 4.35. The first-order valence-electron chi connectivity index (χ1n) is 5.76. The highest BCUT2D eigenvalue weighted by atomic mass is 32.1. The van der Waals surface area contributed by atoms with Crippen molar-refractivity contribution in [2.24, 2.45) is 0 Å². The first kappa shape index (κ1) is 13.3. The Morgan fingerprint density at radius 3 is 2.95 bits per heavy atom. The van der Waals surface area contributed by atoms with Crippen LogP contribution in [0.2, 0.25) is 0 Å². The van der Waals surface area contributed by atoms with Crippen LogP contribution in [0.15, 0.2) is 35.7 Å². The SMILES string of the molecule is Cc1ccc(C#CCO)cc1NC(=O)c1cccs1. The van der Waals surface area contributed by atoms with Gasteiger partial charge in [0, 0.05) is 11.3 Å². The van der Waals surface area contributed by atoms with E-state index in [1.165, 1.54) is 11.3 Å². The van der Waals surface area contributed by atoms with E-state index in [1.54, 1.807) is 6.07 Å². The summed E-state index contributed by atoms with van der Waals surface area (Å²) >= 11 is 1.40. The maximum absolute atomic E-state index is 12.0. The number of aliphatic hydroxyl groups is 1. The molecule has 19 heavy (non-hydrogen) atoms. The lowest BCUT2D eigenvalue weighted by Gasteiger charge is -2.07. The van der Waals surface area contributed by atoms with Gasteiger partial charge in [-0.1, -0.05) is 24.0 Å². The van der Waals surface area contributed by atoms with Crippen LogP contribution in [-0.4, -0.2) is 17.6 Å². The second-order valence-corrected chi connectivity index (χ2v) is 4.87. The van der Waals surface area contributed by atoms with Crippen molar-refractivity contribution in [3.05, 3.63) is 51.7 Å². The maximum Gasteiger partial charge on any atom is 0.265 e. The summed E-state index contributed by atoms with van der Waals surface area (Å²) in [4.78, 5) is 12.6. The number of amides is 1. The van der Waals surface area contributed by atoms with E-state index in [2.05, 4.69) is 17.2 Å². The number of thiophene rings is 1. The van der Waals surface area contributed by atoms with Gasteiger partial charge in [0.15, 0.2) is 0 Å². The highest BCUT2D eigenvalue weighted by Crippen LogP contribution is 2.18. The Bertz CT molecular complexity index is 636. The predicted molar refractivity (Wildman–Crippen MR) is 77.4 cm³/mol. The zero-order valence-corrected chi connectivity index (χ0v) is 11.3. The van der Waals surface area contributed by atoms with E-state index in [9.17, 15) is 4.79 Å². The van der Waals surface area contributed by atoms with Crippen molar-refractivity contribution < 1.29 is 9.90 Å². The Morgan fingerprint density at radius 1 is 1.42 bits per heavy atom. The van der Waals surface area contributed by atoms with Gasteiger partial charge in [0.1, 0.15) is 6.61 Å². The van der Waals surface area contributed by atoms with Crippen molar-refractivity contribution in [2.45, 2.75) is 6.92 Å². The van der Waals surface area contributed by atoms with Crippen molar-refractivity contribution in [2.75, 3.05) is 11.9 Å². The van der Waals surface area contributed by atoms with Gasteiger partial charge in [-0.25, -0.2) is 0 Å². The standard InChI is InChI=1S/C15H13NO2S/c1-11-6-7-12(4-2-8-17)10-13(11)16-15(18)14-5-3-9-19-14/h3,5-7,9-10,17H,8H2,1H3,(H,16,18). The van der Waals surface area contributed by atoms with Crippen molar-refractivity contribution in [1.29, 1.82) is 0 Å². The predicted octanol–water partition coefficient (Wildman–Crippen LogP) is 2.65. The lowest BCUT2D eigenvalue weighted by molar-refractivity contribution is 0.103. The summed E-state index contributed by atoms with van der Waals surface area (Å²) in [6, 6.07) is 9.19. The first-order valence-corrected chi connectivity index (χ1v) is 6.64. The summed E-state index contributed by atoms with van der Waals surface area (Å²) in [6.45, 7) is 1.75. The number of carbonyl (C=O) groups is 1. The molecule has 96 valence electrons. The quantitative estimate of drug-likeness (QED) is 0.825. The summed E-state index contributed by atoms with van der Waals surface area (Å²) in [5.41, 5.74) is 2.48. The van der Waals surface area contributed by atoms with Gasteiger partial charge in [-0.3, -0.25) is 4.79 Å². The molecule has 0 aliphatic heterocycles. The lowest BCUT2D eigenvalue weighted by Crippen LogP contribution is -2.11. The molecule has 2 rings (SSSR count). The number of anilines is 1. The molecular formula is C15H13NO2S. The smallest absolute Gasteiger partial charge is 0.265 e. The zero-order chi connectivity index (χ0) is 13.7. The Hall–Kier alpha value is -2.09. The minimum Gasteiger partial charge on any atom is -0.384 e. The molecule has 0 saturated heterocycles. The molecule has 3 nitrogen and oxygen atoms in total. The third-order valence-corrected chi connectivity index (χ3v) is 3.41. The molecular weight excluding hydrogens is 258 g/mol. The van der Waals surface area contributed by atoms with Gasteiger partial charge in [-0.05, 0) is 36.1 Å². The normalized spacial score (nSPS) is 9.58. The topological polar surface area (TPSA) is 49.3 Å². The molecule has 0 atom stereocenters. The number of hydrogen-bond acceptors (Lipinski definition) is 3. The van der Waals surface area contributed by atoms with Crippen LogP contribution in [0.4, 0.5) is 5.69 Å². The summed E-state index contributed by atoms with van der Waals surface area (Å²) in [5, 5.41) is 13.4. The molecule has 4 heteroatoms. The number of aryl methyl sites for hydroxylation is 1. The van der Waals surface area contributed by atoms with E-state index in [0.717, 1.165) is 16.8 Å². The average molecular weight is 271 g/mol. The molecule has 0 bridgehead atoms. The van der Waals surface area contributed by atoms with Gasteiger partial charge < -0.3 is 10.4 Å². The van der Waals surface area contributed by atoms with Crippen LogP contribution in [0.1, 0.15) is 20.8 Å². The fourth-order valence-corrected chi connectivity index (χ4v) is 2.19. The van der Waals surface area contributed by atoms with Crippen LogP contribution < -0.4 is 5.32 Å².